The van der Waals surface area contributed by atoms with Gasteiger partial charge in [0.05, 0.1) is 12.6 Å². The van der Waals surface area contributed by atoms with Crippen molar-refractivity contribution in [2.45, 2.75) is 64.1 Å². The van der Waals surface area contributed by atoms with Crippen LogP contribution in [-0.4, -0.2) is 42.5 Å². The lowest BCUT2D eigenvalue weighted by Gasteiger charge is -2.29. The number of halogens is 1. The van der Waals surface area contributed by atoms with Crippen LogP contribution in [0.5, 0.6) is 0 Å². The van der Waals surface area contributed by atoms with Crippen LogP contribution in [0.3, 0.4) is 0 Å². The zero-order valence-electron chi connectivity index (χ0n) is 15.7. The van der Waals surface area contributed by atoms with Crippen LogP contribution in [0.25, 0.3) is 0 Å². The van der Waals surface area contributed by atoms with Gasteiger partial charge < -0.3 is 15.0 Å². The molecule has 1 N–H and O–H groups in total. The van der Waals surface area contributed by atoms with Gasteiger partial charge in [0.2, 0.25) is 11.8 Å². The molecular weight excluding hydrogens is 335 g/mol. The quantitative estimate of drug-likeness (QED) is 0.733. The van der Waals surface area contributed by atoms with Gasteiger partial charge in [0.25, 0.3) is 0 Å². The lowest BCUT2D eigenvalue weighted by molar-refractivity contribution is -0.137. The lowest BCUT2D eigenvalue weighted by atomic mass is 10.1. The van der Waals surface area contributed by atoms with Gasteiger partial charge in [-0.05, 0) is 25.8 Å². The summed E-state index contributed by atoms with van der Waals surface area (Å²) in [6, 6.07) is 6.47. The molecule has 6 heteroatoms. The second kappa shape index (κ2) is 10.3. The molecule has 2 amide bonds. The first kappa shape index (κ1) is 20.4. The van der Waals surface area contributed by atoms with Crippen molar-refractivity contribution >= 4 is 11.8 Å². The molecule has 0 saturated heterocycles. The molecule has 1 aliphatic rings. The van der Waals surface area contributed by atoms with Gasteiger partial charge in [-0.25, -0.2) is 4.39 Å². The normalized spacial score (nSPS) is 15.7. The molecule has 1 fully saturated rings. The fourth-order valence-corrected chi connectivity index (χ4v) is 3.37. The highest BCUT2D eigenvalue weighted by atomic mass is 19.1. The Morgan fingerprint density at radius 2 is 1.96 bits per heavy atom. The van der Waals surface area contributed by atoms with Crippen molar-refractivity contribution in [3.05, 3.63) is 35.6 Å². The SMILES string of the molecule is COC[C@@H](C)N(Cc1ccccc1F)C(=O)CCC(=O)NC1CCCC1. The van der Waals surface area contributed by atoms with Crippen molar-refractivity contribution in [2.24, 2.45) is 0 Å². The van der Waals surface area contributed by atoms with E-state index in [2.05, 4.69) is 5.32 Å². The number of ether oxygens (including phenoxy) is 1. The van der Waals surface area contributed by atoms with Crippen molar-refractivity contribution in [1.82, 2.24) is 10.2 Å². The molecule has 5 nitrogen and oxygen atoms in total. The first-order valence-corrected chi connectivity index (χ1v) is 9.32. The Hall–Kier alpha value is -1.95. The maximum absolute atomic E-state index is 14.0. The van der Waals surface area contributed by atoms with Crippen molar-refractivity contribution in [3.8, 4) is 0 Å². The summed E-state index contributed by atoms with van der Waals surface area (Å²) in [5.41, 5.74) is 0.458. The number of hydrogen-bond donors (Lipinski definition) is 1. The Morgan fingerprint density at radius 1 is 1.27 bits per heavy atom. The molecule has 0 aliphatic heterocycles. The summed E-state index contributed by atoms with van der Waals surface area (Å²) in [6.45, 7) is 2.38. The highest BCUT2D eigenvalue weighted by molar-refractivity contribution is 5.84. The van der Waals surface area contributed by atoms with Gasteiger partial charge in [0.15, 0.2) is 0 Å². The topological polar surface area (TPSA) is 58.6 Å². The van der Waals surface area contributed by atoms with E-state index in [1.54, 1.807) is 30.2 Å². The number of carbonyl (C=O) groups is 2. The van der Waals surface area contributed by atoms with Crippen LogP contribution >= 0.6 is 0 Å². The second-order valence-corrected chi connectivity index (χ2v) is 6.97. The zero-order valence-corrected chi connectivity index (χ0v) is 15.7. The summed E-state index contributed by atoms with van der Waals surface area (Å²) in [6.07, 6.45) is 4.60. The molecule has 144 valence electrons. The Labute approximate surface area is 154 Å². The minimum Gasteiger partial charge on any atom is -0.383 e. The Kier molecular flexibility index (Phi) is 8.04. The first-order valence-electron chi connectivity index (χ1n) is 9.32. The number of nitrogens with one attached hydrogen (secondary N) is 1. The largest absolute Gasteiger partial charge is 0.383 e. The highest BCUT2D eigenvalue weighted by Crippen LogP contribution is 2.18. The van der Waals surface area contributed by atoms with E-state index in [4.69, 9.17) is 4.74 Å². The number of nitrogens with zero attached hydrogens (tertiary/aromatic N) is 1. The van der Waals surface area contributed by atoms with Crippen molar-refractivity contribution in [3.63, 3.8) is 0 Å². The van der Waals surface area contributed by atoms with E-state index in [0.717, 1.165) is 25.7 Å². The molecule has 1 aromatic carbocycles. The molecule has 0 aromatic heterocycles. The predicted molar refractivity (Wildman–Crippen MR) is 97.9 cm³/mol. The van der Waals surface area contributed by atoms with Crippen LogP contribution in [0, 0.1) is 5.82 Å². The van der Waals surface area contributed by atoms with Crippen molar-refractivity contribution in [1.29, 1.82) is 0 Å². The third kappa shape index (κ3) is 6.09. The predicted octanol–water partition coefficient (Wildman–Crippen LogP) is 3.03. The van der Waals surface area contributed by atoms with Gasteiger partial charge in [0, 0.05) is 38.1 Å². The van der Waals surface area contributed by atoms with Crippen LogP contribution in [-0.2, 0) is 20.9 Å². The van der Waals surface area contributed by atoms with Gasteiger partial charge in [-0.1, -0.05) is 31.0 Å². The van der Waals surface area contributed by atoms with Crippen LogP contribution in [0.1, 0.15) is 51.0 Å². The van der Waals surface area contributed by atoms with Gasteiger partial charge in [-0.2, -0.15) is 0 Å². The summed E-state index contributed by atoms with van der Waals surface area (Å²) in [7, 11) is 1.57. The van der Waals surface area contributed by atoms with Crippen molar-refractivity contribution in [2.75, 3.05) is 13.7 Å². The summed E-state index contributed by atoms with van der Waals surface area (Å²) >= 11 is 0. The average Bonchev–Trinajstić information content (AvgIpc) is 3.12. The molecule has 0 spiro atoms. The minimum absolute atomic E-state index is 0.0875. The number of carbonyl (C=O) groups excluding carboxylic acids is 2. The number of rotatable bonds is 9. The molecular formula is C20H29FN2O3. The van der Waals surface area contributed by atoms with Crippen LogP contribution < -0.4 is 5.32 Å². The van der Waals surface area contributed by atoms with Gasteiger partial charge in [0.1, 0.15) is 5.82 Å². The Balaban J connectivity index is 1.94. The van der Waals surface area contributed by atoms with E-state index in [-0.39, 0.29) is 49.1 Å². The summed E-state index contributed by atoms with van der Waals surface area (Å²) in [5.74, 6) is -0.594. The van der Waals surface area contributed by atoms with Gasteiger partial charge in [-0.15, -0.1) is 0 Å². The van der Waals surface area contributed by atoms with E-state index in [1.165, 1.54) is 6.07 Å². The number of amides is 2. The van der Waals surface area contributed by atoms with Gasteiger partial charge in [-0.3, -0.25) is 9.59 Å². The smallest absolute Gasteiger partial charge is 0.223 e. The maximum atomic E-state index is 14.0. The molecule has 1 aromatic rings. The molecule has 0 radical (unpaired) electrons. The molecule has 1 aliphatic carbocycles. The second-order valence-electron chi connectivity index (χ2n) is 6.97. The van der Waals surface area contributed by atoms with Crippen LogP contribution in [0.2, 0.25) is 0 Å². The average molecular weight is 364 g/mol. The van der Waals surface area contributed by atoms with Crippen LogP contribution in [0.15, 0.2) is 24.3 Å². The van der Waals surface area contributed by atoms with E-state index < -0.39 is 0 Å². The summed E-state index contributed by atoms with van der Waals surface area (Å²) < 4.78 is 19.1. The molecule has 26 heavy (non-hydrogen) atoms. The monoisotopic (exact) mass is 364 g/mol. The maximum Gasteiger partial charge on any atom is 0.223 e. The highest BCUT2D eigenvalue weighted by Gasteiger charge is 2.23. The zero-order chi connectivity index (χ0) is 18.9. The number of benzene rings is 1. The Morgan fingerprint density at radius 3 is 2.62 bits per heavy atom. The lowest BCUT2D eigenvalue weighted by Crippen LogP contribution is -2.41. The molecule has 1 atom stereocenters. The number of methoxy groups -OCH3 is 1. The molecule has 2 rings (SSSR count). The molecule has 0 unspecified atom stereocenters. The fourth-order valence-electron chi connectivity index (χ4n) is 3.37. The standard InChI is InChI=1S/C20H29FN2O3/c1-15(14-26-2)23(13-16-7-3-6-10-18(16)21)20(25)12-11-19(24)22-17-8-4-5-9-17/h3,6-7,10,15,17H,4-5,8-9,11-14H2,1-2H3,(H,22,24)/t15-/m1/s1. The molecule has 0 bridgehead atoms. The van der Waals surface area contributed by atoms with E-state index in [0.29, 0.717) is 12.2 Å². The number of hydrogen-bond acceptors (Lipinski definition) is 3. The molecule has 0 heterocycles. The van der Waals surface area contributed by atoms with E-state index in [1.807, 2.05) is 6.92 Å². The summed E-state index contributed by atoms with van der Waals surface area (Å²) in [4.78, 5) is 26.3. The van der Waals surface area contributed by atoms with E-state index in [9.17, 15) is 14.0 Å². The minimum atomic E-state index is -0.339. The molecule has 1 saturated carbocycles. The van der Waals surface area contributed by atoms with Crippen LogP contribution in [0.4, 0.5) is 4.39 Å². The third-order valence-electron chi connectivity index (χ3n) is 4.85. The summed E-state index contributed by atoms with van der Waals surface area (Å²) in [5, 5.41) is 2.99. The first-order chi connectivity index (χ1) is 12.5. The van der Waals surface area contributed by atoms with E-state index >= 15 is 0 Å². The Bertz CT molecular complexity index is 602. The fraction of sp³-hybridized carbons (Fsp3) is 0.600. The van der Waals surface area contributed by atoms with Crippen molar-refractivity contribution < 1.29 is 18.7 Å². The third-order valence-corrected chi connectivity index (χ3v) is 4.85. The van der Waals surface area contributed by atoms with Gasteiger partial charge >= 0.3 is 0 Å².